The van der Waals surface area contributed by atoms with E-state index in [1.54, 1.807) is 11.1 Å². The number of aryl methyl sites for hydroxylation is 3. The molecule has 28 heavy (non-hydrogen) atoms. The Bertz CT molecular complexity index is 978. The summed E-state index contributed by atoms with van der Waals surface area (Å²) in [5.74, 6) is 0.693. The predicted octanol–water partition coefficient (Wildman–Crippen LogP) is 3.27. The molecule has 3 aromatic rings. The van der Waals surface area contributed by atoms with Crippen molar-refractivity contribution >= 4 is 5.91 Å². The lowest BCUT2D eigenvalue weighted by Gasteiger charge is -2.32. The van der Waals surface area contributed by atoms with Gasteiger partial charge in [0.2, 0.25) is 0 Å². The van der Waals surface area contributed by atoms with Crippen LogP contribution in [0.3, 0.4) is 0 Å². The normalized spacial score (nSPS) is 17.0. The Balaban J connectivity index is 1.56. The molecule has 0 saturated carbocycles. The SMILES string of the molecule is Cc1ccc(C(=O)N2CCOC(c3cccc(-c4c(C)noc4C)n3)C2)cn1. The maximum Gasteiger partial charge on any atom is 0.255 e. The molecule has 4 rings (SSSR count). The summed E-state index contributed by atoms with van der Waals surface area (Å²) in [7, 11) is 0. The van der Waals surface area contributed by atoms with Gasteiger partial charge in [0.15, 0.2) is 0 Å². The van der Waals surface area contributed by atoms with Gasteiger partial charge in [-0.15, -0.1) is 0 Å². The first kappa shape index (κ1) is 18.3. The van der Waals surface area contributed by atoms with Crippen LogP contribution >= 0.6 is 0 Å². The molecule has 144 valence electrons. The van der Waals surface area contributed by atoms with E-state index in [0.29, 0.717) is 25.3 Å². The summed E-state index contributed by atoms with van der Waals surface area (Å²) in [5.41, 5.74) is 4.76. The van der Waals surface area contributed by atoms with Crippen LogP contribution in [0.15, 0.2) is 41.1 Å². The lowest BCUT2D eigenvalue weighted by atomic mass is 10.1. The number of aromatic nitrogens is 3. The average molecular weight is 378 g/mol. The monoisotopic (exact) mass is 378 g/mol. The highest BCUT2D eigenvalue weighted by Gasteiger charge is 2.27. The quantitative estimate of drug-likeness (QED) is 0.696. The van der Waals surface area contributed by atoms with Crippen molar-refractivity contribution in [1.82, 2.24) is 20.0 Å². The molecule has 1 fully saturated rings. The summed E-state index contributed by atoms with van der Waals surface area (Å²) < 4.78 is 11.2. The van der Waals surface area contributed by atoms with Crippen molar-refractivity contribution in [2.75, 3.05) is 19.7 Å². The van der Waals surface area contributed by atoms with Crippen LogP contribution in [0.2, 0.25) is 0 Å². The Morgan fingerprint density at radius 1 is 1.18 bits per heavy atom. The summed E-state index contributed by atoms with van der Waals surface area (Å²) >= 11 is 0. The van der Waals surface area contributed by atoms with Crippen molar-refractivity contribution < 1.29 is 14.1 Å². The molecule has 4 heterocycles. The second-order valence-electron chi connectivity index (χ2n) is 6.95. The largest absolute Gasteiger partial charge is 0.368 e. The minimum Gasteiger partial charge on any atom is -0.368 e. The Kier molecular flexibility index (Phi) is 4.92. The van der Waals surface area contributed by atoms with E-state index in [0.717, 1.165) is 34.1 Å². The standard InChI is InChI=1S/C21H22N4O3/c1-13-7-8-16(11-22-13)21(26)25-9-10-27-19(12-25)17-5-4-6-18(23-17)20-14(2)24-28-15(20)3/h4-8,11,19H,9-10,12H2,1-3H3. The van der Waals surface area contributed by atoms with E-state index in [1.165, 1.54) is 0 Å². The molecule has 1 atom stereocenters. The predicted molar refractivity (Wildman–Crippen MR) is 103 cm³/mol. The fourth-order valence-corrected chi connectivity index (χ4v) is 3.41. The first-order valence-electron chi connectivity index (χ1n) is 9.26. The summed E-state index contributed by atoms with van der Waals surface area (Å²) in [5, 5.41) is 4.00. The topological polar surface area (TPSA) is 81.4 Å². The highest BCUT2D eigenvalue weighted by molar-refractivity contribution is 5.94. The summed E-state index contributed by atoms with van der Waals surface area (Å²) in [6, 6.07) is 9.45. The zero-order valence-electron chi connectivity index (χ0n) is 16.2. The van der Waals surface area contributed by atoms with Crippen molar-refractivity contribution in [3.05, 3.63) is 64.9 Å². The third kappa shape index (κ3) is 3.53. The number of amides is 1. The number of carbonyl (C=O) groups is 1. The van der Waals surface area contributed by atoms with Crippen LogP contribution in [0.25, 0.3) is 11.3 Å². The number of pyridine rings is 2. The fraction of sp³-hybridized carbons (Fsp3) is 0.333. The maximum atomic E-state index is 12.8. The number of carbonyl (C=O) groups excluding carboxylic acids is 1. The molecule has 7 heteroatoms. The van der Waals surface area contributed by atoms with E-state index in [4.69, 9.17) is 14.2 Å². The van der Waals surface area contributed by atoms with E-state index in [9.17, 15) is 4.79 Å². The molecule has 0 radical (unpaired) electrons. The van der Waals surface area contributed by atoms with Crippen LogP contribution in [0.5, 0.6) is 0 Å². The molecular weight excluding hydrogens is 356 g/mol. The van der Waals surface area contributed by atoms with E-state index in [-0.39, 0.29) is 12.0 Å². The molecule has 0 aliphatic carbocycles. The summed E-state index contributed by atoms with van der Waals surface area (Å²) in [6.07, 6.45) is 1.34. The summed E-state index contributed by atoms with van der Waals surface area (Å²) in [4.78, 5) is 23.6. The van der Waals surface area contributed by atoms with Crippen LogP contribution in [-0.2, 0) is 4.74 Å². The minimum atomic E-state index is -0.281. The van der Waals surface area contributed by atoms with Gasteiger partial charge in [-0.3, -0.25) is 9.78 Å². The van der Waals surface area contributed by atoms with Gasteiger partial charge in [0, 0.05) is 18.4 Å². The fourth-order valence-electron chi connectivity index (χ4n) is 3.41. The van der Waals surface area contributed by atoms with E-state index in [1.807, 2.05) is 51.1 Å². The molecule has 0 aromatic carbocycles. The van der Waals surface area contributed by atoms with E-state index < -0.39 is 0 Å². The van der Waals surface area contributed by atoms with E-state index >= 15 is 0 Å². The number of hydrogen-bond acceptors (Lipinski definition) is 6. The lowest BCUT2D eigenvalue weighted by molar-refractivity contribution is -0.0246. The average Bonchev–Trinajstić information content (AvgIpc) is 3.06. The number of rotatable bonds is 3. The Morgan fingerprint density at radius 2 is 2.04 bits per heavy atom. The van der Waals surface area contributed by atoms with Crippen molar-refractivity contribution in [1.29, 1.82) is 0 Å². The number of ether oxygens (including phenoxy) is 1. The van der Waals surface area contributed by atoms with Gasteiger partial charge in [-0.05, 0) is 45.0 Å². The van der Waals surface area contributed by atoms with Gasteiger partial charge >= 0.3 is 0 Å². The van der Waals surface area contributed by atoms with Gasteiger partial charge in [0.1, 0.15) is 11.9 Å². The first-order chi connectivity index (χ1) is 13.5. The first-order valence-corrected chi connectivity index (χ1v) is 9.26. The maximum absolute atomic E-state index is 12.8. The zero-order chi connectivity index (χ0) is 19.7. The molecule has 1 amide bonds. The van der Waals surface area contributed by atoms with Crippen LogP contribution in [-0.4, -0.2) is 45.6 Å². The van der Waals surface area contributed by atoms with Crippen molar-refractivity contribution in [2.45, 2.75) is 26.9 Å². The van der Waals surface area contributed by atoms with Gasteiger partial charge in [-0.2, -0.15) is 0 Å². The Hall–Kier alpha value is -3.06. The van der Waals surface area contributed by atoms with Gasteiger partial charge in [0.05, 0.1) is 41.4 Å². The van der Waals surface area contributed by atoms with Gasteiger partial charge < -0.3 is 14.2 Å². The highest BCUT2D eigenvalue weighted by atomic mass is 16.5. The van der Waals surface area contributed by atoms with Crippen molar-refractivity contribution in [2.24, 2.45) is 0 Å². The number of hydrogen-bond donors (Lipinski definition) is 0. The molecule has 1 aliphatic rings. The molecule has 1 aliphatic heterocycles. The van der Waals surface area contributed by atoms with Gasteiger partial charge in [-0.25, -0.2) is 4.98 Å². The number of nitrogens with zero attached hydrogens (tertiary/aromatic N) is 4. The Morgan fingerprint density at radius 3 is 2.75 bits per heavy atom. The zero-order valence-corrected chi connectivity index (χ0v) is 16.2. The second kappa shape index (κ2) is 7.52. The van der Waals surface area contributed by atoms with Crippen LogP contribution in [0, 0.1) is 20.8 Å². The smallest absolute Gasteiger partial charge is 0.255 e. The van der Waals surface area contributed by atoms with Crippen LogP contribution < -0.4 is 0 Å². The number of morpholine rings is 1. The minimum absolute atomic E-state index is 0.0392. The molecule has 0 spiro atoms. The molecule has 0 N–H and O–H groups in total. The third-order valence-corrected chi connectivity index (χ3v) is 4.90. The van der Waals surface area contributed by atoms with Crippen LogP contribution in [0.1, 0.15) is 39.3 Å². The van der Waals surface area contributed by atoms with Gasteiger partial charge in [-0.1, -0.05) is 11.2 Å². The Labute approximate surface area is 163 Å². The molecule has 1 saturated heterocycles. The lowest BCUT2D eigenvalue weighted by Crippen LogP contribution is -2.42. The van der Waals surface area contributed by atoms with Gasteiger partial charge in [0.25, 0.3) is 5.91 Å². The third-order valence-electron chi connectivity index (χ3n) is 4.90. The molecule has 7 nitrogen and oxygen atoms in total. The van der Waals surface area contributed by atoms with Crippen molar-refractivity contribution in [3.8, 4) is 11.3 Å². The van der Waals surface area contributed by atoms with Crippen LogP contribution in [0.4, 0.5) is 0 Å². The molecule has 3 aromatic heterocycles. The summed E-state index contributed by atoms with van der Waals surface area (Å²) in [6.45, 7) is 7.13. The second-order valence-corrected chi connectivity index (χ2v) is 6.95. The highest BCUT2D eigenvalue weighted by Crippen LogP contribution is 2.28. The van der Waals surface area contributed by atoms with Crippen molar-refractivity contribution in [3.63, 3.8) is 0 Å². The molecule has 1 unspecified atom stereocenters. The van der Waals surface area contributed by atoms with E-state index in [2.05, 4.69) is 10.1 Å². The molecular formula is C21H22N4O3. The molecule has 0 bridgehead atoms.